The number of esters is 1. The summed E-state index contributed by atoms with van der Waals surface area (Å²) in [5.74, 6) is 0.978. The lowest BCUT2D eigenvalue weighted by atomic mass is 9.88. The molecule has 0 saturated heterocycles. The smallest absolute Gasteiger partial charge is 0.341 e. The zero-order valence-corrected chi connectivity index (χ0v) is 20.8. The minimum atomic E-state index is -0.394. The summed E-state index contributed by atoms with van der Waals surface area (Å²) in [6, 6.07) is 5.34. The summed E-state index contributed by atoms with van der Waals surface area (Å²) in [4.78, 5) is 26.2. The second kappa shape index (κ2) is 11.3. The maximum Gasteiger partial charge on any atom is 0.341 e. The van der Waals surface area contributed by atoms with E-state index in [4.69, 9.17) is 26.4 Å². The summed E-state index contributed by atoms with van der Waals surface area (Å²) in [6.45, 7) is 4.28. The Kier molecular flexibility index (Phi) is 8.46. The molecule has 1 aromatic carbocycles. The van der Waals surface area contributed by atoms with Crippen LogP contribution in [0.3, 0.4) is 0 Å². The highest BCUT2D eigenvalue weighted by molar-refractivity contribution is 7.80. The molecule has 0 aliphatic heterocycles. The van der Waals surface area contributed by atoms with E-state index < -0.39 is 5.91 Å². The molecule has 0 radical (unpaired) electrons. The van der Waals surface area contributed by atoms with Crippen molar-refractivity contribution in [3.8, 4) is 11.5 Å². The van der Waals surface area contributed by atoms with Crippen LogP contribution in [0, 0.1) is 5.92 Å². The zero-order valence-electron chi connectivity index (χ0n) is 19.2. The second-order valence-corrected chi connectivity index (χ2v) is 9.18. The number of hydrogen-bond acceptors (Lipinski definition) is 7. The molecule has 2 N–H and O–H groups in total. The molecular formula is C24H28N2O5S2. The van der Waals surface area contributed by atoms with Crippen LogP contribution in [0.5, 0.6) is 11.5 Å². The van der Waals surface area contributed by atoms with Gasteiger partial charge in [-0.3, -0.25) is 10.1 Å². The molecule has 1 aliphatic carbocycles. The van der Waals surface area contributed by atoms with E-state index in [-0.39, 0.29) is 11.1 Å². The fourth-order valence-electron chi connectivity index (χ4n) is 3.67. The number of hydrogen-bond donors (Lipinski definition) is 2. The van der Waals surface area contributed by atoms with Crippen molar-refractivity contribution in [3.05, 3.63) is 45.8 Å². The third kappa shape index (κ3) is 6.11. The number of thiophene rings is 1. The molecule has 1 heterocycles. The number of fused-ring (bicyclic) bond motifs is 1. The predicted molar refractivity (Wildman–Crippen MR) is 134 cm³/mol. The van der Waals surface area contributed by atoms with Gasteiger partial charge < -0.3 is 19.5 Å². The van der Waals surface area contributed by atoms with Crippen molar-refractivity contribution in [2.45, 2.75) is 33.1 Å². The molecule has 2 aromatic rings. The fourth-order valence-corrected chi connectivity index (χ4v) is 5.34. The molecule has 33 heavy (non-hydrogen) atoms. The van der Waals surface area contributed by atoms with Crippen LogP contribution in [0.25, 0.3) is 6.08 Å². The molecule has 0 spiro atoms. The van der Waals surface area contributed by atoms with Gasteiger partial charge in [0, 0.05) is 11.0 Å². The third-order valence-electron chi connectivity index (χ3n) is 5.29. The van der Waals surface area contributed by atoms with Gasteiger partial charge in [-0.2, -0.15) is 0 Å². The van der Waals surface area contributed by atoms with Gasteiger partial charge >= 0.3 is 5.97 Å². The van der Waals surface area contributed by atoms with Gasteiger partial charge in [-0.25, -0.2) is 4.79 Å². The number of anilines is 1. The number of carbonyl (C=O) groups excluding carboxylic acids is 2. The van der Waals surface area contributed by atoms with Gasteiger partial charge in [-0.05, 0) is 73.7 Å². The lowest BCUT2D eigenvalue weighted by molar-refractivity contribution is -0.115. The topological polar surface area (TPSA) is 85.9 Å². The first-order valence-corrected chi connectivity index (χ1v) is 11.9. The lowest BCUT2D eigenvalue weighted by Gasteiger charge is -2.18. The Morgan fingerprint density at radius 2 is 2.00 bits per heavy atom. The van der Waals surface area contributed by atoms with Crippen molar-refractivity contribution in [1.82, 2.24) is 5.32 Å². The van der Waals surface area contributed by atoms with E-state index in [1.165, 1.54) is 22.3 Å². The van der Waals surface area contributed by atoms with Crippen molar-refractivity contribution >= 4 is 51.6 Å². The minimum absolute atomic E-state index is 0.120. The van der Waals surface area contributed by atoms with Crippen LogP contribution in [-0.4, -0.2) is 37.8 Å². The molecule has 176 valence electrons. The number of carbonyl (C=O) groups is 2. The maximum absolute atomic E-state index is 12.6. The standard InChI is InChI=1S/C24H28N2O5S2/c1-5-31-23(28)21-16-9-6-14(2)12-19(16)33-22(21)26-24(32)25-20(27)11-8-15-7-10-17(29-3)18(13-15)30-4/h7-8,10-11,13-14H,5-6,9,12H2,1-4H3,(H2,25,26,27,32)/b11-8+/t14-/m0/s1. The van der Waals surface area contributed by atoms with Crippen molar-refractivity contribution in [3.63, 3.8) is 0 Å². The van der Waals surface area contributed by atoms with Crippen LogP contribution in [0.4, 0.5) is 5.00 Å². The molecule has 9 heteroatoms. The summed E-state index contributed by atoms with van der Waals surface area (Å²) >= 11 is 6.83. The molecule has 0 unspecified atom stereocenters. The van der Waals surface area contributed by atoms with Gasteiger partial charge in [0.05, 0.1) is 26.4 Å². The zero-order chi connectivity index (χ0) is 24.0. The van der Waals surface area contributed by atoms with Crippen LogP contribution >= 0.6 is 23.6 Å². The summed E-state index contributed by atoms with van der Waals surface area (Å²) in [7, 11) is 3.11. The first-order chi connectivity index (χ1) is 15.9. The van der Waals surface area contributed by atoms with E-state index in [1.54, 1.807) is 39.4 Å². The summed E-state index contributed by atoms with van der Waals surface area (Å²) < 4.78 is 15.8. The molecule has 3 rings (SSSR count). The third-order valence-corrected chi connectivity index (χ3v) is 6.66. The number of benzene rings is 1. The van der Waals surface area contributed by atoms with Gasteiger partial charge in [0.15, 0.2) is 16.6 Å². The molecule has 1 aliphatic rings. The maximum atomic E-state index is 12.6. The van der Waals surface area contributed by atoms with Crippen LogP contribution in [-0.2, 0) is 22.4 Å². The molecule has 0 fully saturated rings. The summed E-state index contributed by atoms with van der Waals surface area (Å²) in [5.41, 5.74) is 2.33. The van der Waals surface area contributed by atoms with Crippen LogP contribution in [0.15, 0.2) is 24.3 Å². The van der Waals surface area contributed by atoms with Crippen LogP contribution < -0.4 is 20.1 Å². The van der Waals surface area contributed by atoms with Gasteiger partial charge in [-0.1, -0.05) is 13.0 Å². The molecule has 1 amide bonds. The van der Waals surface area contributed by atoms with E-state index in [2.05, 4.69) is 17.6 Å². The molecule has 7 nitrogen and oxygen atoms in total. The molecule has 0 saturated carbocycles. The van der Waals surface area contributed by atoms with Gasteiger partial charge in [0.1, 0.15) is 5.00 Å². The molecule has 1 aromatic heterocycles. The van der Waals surface area contributed by atoms with E-state index in [9.17, 15) is 9.59 Å². The lowest BCUT2D eigenvalue weighted by Crippen LogP contribution is -2.33. The summed E-state index contributed by atoms with van der Waals surface area (Å²) in [6.07, 6.45) is 5.80. The quantitative estimate of drug-likeness (QED) is 0.335. The molecule has 0 bridgehead atoms. The number of thiocarbonyl (C=S) groups is 1. The average molecular weight is 489 g/mol. The van der Waals surface area contributed by atoms with E-state index in [0.717, 1.165) is 30.4 Å². The van der Waals surface area contributed by atoms with Crippen LogP contribution in [0.2, 0.25) is 0 Å². The van der Waals surface area contributed by atoms with Crippen molar-refractivity contribution in [2.75, 3.05) is 26.1 Å². The van der Waals surface area contributed by atoms with E-state index in [1.807, 2.05) is 6.07 Å². The van der Waals surface area contributed by atoms with Crippen molar-refractivity contribution in [1.29, 1.82) is 0 Å². The Hall–Kier alpha value is -2.91. The number of ether oxygens (including phenoxy) is 3. The normalized spacial score (nSPS) is 15.0. The van der Waals surface area contributed by atoms with E-state index >= 15 is 0 Å². The monoisotopic (exact) mass is 488 g/mol. The number of nitrogens with one attached hydrogen (secondary N) is 2. The highest BCUT2D eigenvalue weighted by Crippen LogP contribution is 2.40. The highest BCUT2D eigenvalue weighted by Gasteiger charge is 2.28. The van der Waals surface area contributed by atoms with Gasteiger partial charge in [0.2, 0.25) is 5.91 Å². The highest BCUT2D eigenvalue weighted by atomic mass is 32.1. The molecule has 1 atom stereocenters. The number of methoxy groups -OCH3 is 2. The predicted octanol–water partition coefficient (Wildman–Crippen LogP) is 4.59. The van der Waals surface area contributed by atoms with Gasteiger partial charge in [-0.15, -0.1) is 11.3 Å². The Labute approximate surface area is 203 Å². The van der Waals surface area contributed by atoms with Crippen LogP contribution in [0.1, 0.15) is 46.6 Å². The first kappa shape index (κ1) is 24.7. The van der Waals surface area contributed by atoms with Crippen molar-refractivity contribution < 1.29 is 23.8 Å². The minimum Gasteiger partial charge on any atom is -0.493 e. The summed E-state index contributed by atoms with van der Waals surface area (Å²) in [5, 5.41) is 6.39. The Balaban J connectivity index is 1.70. The Morgan fingerprint density at radius 3 is 2.70 bits per heavy atom. The fraction of sp³-hybridized carbons (Fsp3) is 0.375. The Bertz CT molecular complexity index is 1080. The number of amides is 1. The van der Waals surface area contributed by atoms with Gasteiger partial charge in [0.25, 0.3) is 0 Å². The number of rotatable bonds is 7. The molecular weight excluding hydrogens is 460 g/mol. The largest absolute Gasteiger partial charge is 0.493 e. The first-order valence-electron chi connectivity index (χ1n) is 10.7. The Morgan fingerprint density at radius 1 is 1.24 bits per heavy atom. The second-order valence-electron chi connectivity index (χ2n) is 7.67. The van der Waals surface area contributed by atoms with Crippen molar-refractivity contribution in [2.24, 2.45) is 5.92 Å². The SMILES string of the molecule is CCOC(=O)c1c(NC(=S)NC(=O)/C=C/c2ccc(OC)c(OC)c2)sc2c1CC[C@H](C)C2. The van der Waals surface area contributed by atoms with E-state index in [0.29, 0.717) is 34.6 Å². The average Bonchev–Trinajstić information content (AvgIpc) is 3.14.